The highest BCUT2D eigenvalue weighted by Gasteiger charge is 2.08. The number of carboxylic acids is 1. The van der Waals surface area contributed by atoms with Gasteiger partial charge < -0.3 is 14.3 Å². The molecule has 5 heteroatoms. The van der Waals surface area contributed by atoms with Gasteiger partial charge in [-0.2, -0.15) is 0 Å². The van der Waals surface area contributed by atoms with E-state index in [2.05, 4.69) is 0 Å². The van der Waals surface area contributed by atoms with Crippen LogP contribution in [0.2, 0.25) is 0 Å². The van der Waals surface area contributed by atoms with Crippen LogP contribution >= 0.6 is 0 Å². The van der Waals surface area contributed by atoms with Crippen LogP contribution in [0.4, 0.5) is 0 Å². The molecule has 0 saturated carbocycles. The van der Waals surface area contributed by atoms with Gasteiger partial charge in [-0.3, -0.25) is 4.79 Å². The summed E-state index contributed by atoms with van der Waals surface area (Å²) in [5.41, 5.74) is 0.0207. The molecule has 0 aliphatic carbocycles. The van der Waals surface area contributed by atoms with Gasteiger partial charge in [0.05, 0.1) is 18.4 Å². The van der Waals surface area contributed by atoms with E-state index in [1.54, 1.807) is 30.3 Å². The first-order valence-corrected chi connectivity index (χ1v) is 6.45. The van der Waals surface area contributed by atoms with Gasteiger partial charge in [0, 0.05) is 11.5 Å². The highest BCUT2D eigenvalue weighted by Crippen LogP contribution is 2.26. The summed E-state index contributed by atoms with van der Waals surface area (Å²) in [5.74, 6) is -0.449. The number of hydrogen-bond donors (Lipinski definition) is 1. The van der Waals surface area contributed by atoms with Crippen LogP contribution in [0.25, 0.3) is 21.7 Å². The lowest BCUT2D eigenvalue weighted by Crippen LogP contribution is -2.05. The third-order valence-corrected chi connectivity index (χ3v) is 3.18. The maximum atomic E-state index is 11.9. The molecule has 1 N–H and O–H groups in total. The van der Waals surface area contributed by atoms with Crippen LogP contribution < -0.4 is 10.4 Å². The molecule has 5 nitrogen and oxygen atoms in total. The van der Waals surface area contributed by atoms with Crippen LogP contribution in [0, 0.1) is 0 Å². The molecule has 0 spiro atoms. The smallest absolute Gasteiger partial charge is 0.344 e. The fraction of sp³-hybridized carbons (Fsp3) is 0.125. The molecular formula is C16H12O5. The molecule has 0 bridgehead atoms. The average Bonchev–Trinajstić information content (AvgIpc) is 2.47. The summed E-state index contributed by atoms with van der Waals surface area (Å²) in [6.45, 7) is 0.0681. The molecule has 1 aromatic heterocycles. The lowest BCUT2D eigenvalue weighted by Gasteiger charge is -2.06. The number of benzene rings is 2. The third kappa shape index (κ3) is 2.58. The minimum atomic E-state index is -0.923. The zero-order valence-corrected chi connectivity index (χ0v) is 11.0. The van der Waals surface area contributed by atoms with Crippen molar-refractivity contribution in [2.75, 3.05) is 6.61 Å². The second-order valence-electron chi connectivity index (χ2n) is 4.59. The van der Waals surface area contributed by atoms with E-state index in [9.17, 15) is 9.59 Å². The molecule has 0 aliphatic heterocycles. The van der Waals surface area contributed by atoms with Crippen molar-refractivity contribution in [3.8, 4) is 5.75 Å². The Morgan fingerprint density at radius 2 is 1.86 bits per heavy atom. The molecule has 3 aromatic rings. The van der Waals surface area contributed by atoms with Gasteiger partial charge in [-0.25, -0.2) is 4.79 Å². The van der Waals surface area contributed by atoms with Crippen molar-refractivity contribution >= 4 is 27.7 Å². The summed E-state index contributed by atoms with van der Waals surface area (Å²) < 4.78 is 10.6. The lowest BCUT2D eigenvalue weighted by atomic mass is 10.1. The van der Waals surface area contributed by atoms with Crippen molar-refractivity contribution in [1.29, 1.82) is 0 Å². The normalized spacial score (nSPS) is 10.9. The number of carbonyl (C=O) groups is 1. The van der Waals surface area contributed by atoms with Gasteiger partial charge in [-0.05, 0) is 23.6 Å². The van der Waals surface area contributed by atoms with Crippen molar-refractivity contribution in [3.63, 3.8) is 0 Å². The molecule has 0 atom stereocenters. The highest BCUT2D eigenvalue weighted by atomic mass is 16.5. The maximum absolute atomic E-state index is 11.9. The summed E-state index contributed by atoms with van der Waals surface area (Å²) >= 11 is 0. The predicted octanol–water partition coefficient (Wildman–Crippen LogP) is 2.80. The molecule has 0 amide bonds. The Balaban J connectivity index is 2.04. The Labute approximate surface area is 119 Å². The van der Waals surface area contributed by atoms with Gasteiger partial charge >= 0.3 is 11.6 Å². The number of carboxylic acid groups (broad SMARTS) is 1. The van der Waals surface area contributed by atoms with Gasteiger partial charge in [-0.15, -0.1) is 0 Å². The number of fused-ring (bicyclic) bond motifs is 3. The van der Waals surface area contributed by atoms with Crippen molar-refractivity contribution in [3.05, 3.63) is 52.9 Å². The van der Waals surface area contributed by atoms with Gasteiger partial charge in [0.15, 0.2) is 0 Å². The number of hydrogen-bond acceptors (Lipinski definition) is 4. The first kappa shape index (κ1) is 13.2. The quantitative estimate of drug-likeness (QED) is 0.589. The van der Waals surface area contributed by atoms with Crippen LogP contribution in [0.3, 0.4) is 0 Å². The van der Waals surface area contributed by atoms with Crippen molar-refractivity contribution < 1.29 is 19.1 Å². The van der Waals surface area contributed by atoms with E-state index in [1.807, 2.05) is 12.1 Å². The third-order valence-electron chi connectivity index (χ3n) is 3.18. The zero-order valence-electron chi connectivity index (χ0n) is 11.0. The number of ether oxygens (including phenoxy) is 1. The van der Waals surface area contributed by atoms with E-state index in [-0.39, 0.29) is 13.0 Å². The van der Waals surface area contributed by atoms with Crippen molar-refractivity contribution in [2.45, 2.75) is 6.42 Å². The van der Waals surface area contributed by atoms with E-state index in [1.165, 1.54) is 0 Å². The molecule has 0 unspecified atom stereocenters. The Bertz CT molecular complexity index is 879. The lowest BCUT2D eigenvalue weighted by molar-refractivity contribution is -0.137. The van der Waals surface area contributed by atoms with Crippen LogP contribution in [-0.2, 0) is 4.79 Å². The minimum Gasteiger partial charge on any atom is -0.493 e. The molecule has 21 heavy (non-hydrogen) atoms. The zero-order chi connectivity index (χ0) is 14.8. The first-order valence-electron chi connectivity index (χ1n) is 6.45. The molecule has 0 fully saturated rings. The SMILES string of the molecule is O=C(O)CCOc1ccc2c(c1)oc(=O)c1ccccc12. The van der Waals surface area contributed by atoms with Gasteiger partial charge in [-0.1, -0.05) is 18.2 Å². The molecule has 0 aliphatic rings. The topological polar surface area (TPSA) is 76.7 Å². The summed E-state index contributed by atoms with van der Waals surface area (Å²) in [7, 11) is 0. The van der Waals surface area contributed by atoms with Crippen LogP contribution in [0.1, 0.15) is 6.42 Å². The molecule has 106 valence electrons. The van der Waals surface area contributed by atoms with Gasteiger partial charge in [0.2, 0.25) is 0 Å². The van der Waals surface area contributed by atoms with E-state index >= 15 is 0 Å². The second kappa shape index (κ2) is 5.28. The molecule has 1 heterocycles. The predicted molar refractivity (Wildman–Crippen MR) is 77.7 cm³/mol. The minimum absolute atomic E-state index is 0.0681. The van der Waals surface area contributed by atoms with Crippen LogP contribution in [0.15, 0.2) is 51.7 Å². The van der Waals surface area contributed by atoms with E-state index < -0.39 is 11.6 Å². The monoisotopic (exact) mass is 284 g/mol. The summed E-state index contributed by atoms with van der Waals surface area (Å²) in [6.07, 6.45) is -0.0836. The van der Waals surface area contributed by atoms with Crippen molar-refractivity contribution in [1.82, 2.24) is 0 Å². The summed E-state index contributed by atoms with van der Waals surface area (Å²) in [6, 6.07) is 12.4. The maximum Gasteiger partial charge on any atom is 0.344 e. The van der Waals surface area contributed by atoms with Gasteiger partial charge in [0.25, 0.3) is 0 Å². The average molecular weight is 284 g/mol. The summed E-state index contributed by atoms with van der Waals surface area (Å²) in [4.78, 5) is 22.4. The fourth-order valence-corrected chi connectivity index (χ4v) is 2.21. The highest BCUT2D eigenvalue weighted by molar-refractivity contribution is 6.04. The molecule has 2 aromatic carbocycles. The molecular weight excluding hydrogens is 272 g/mol. The van der Waals surface area contributed by atoms with Gasteiger partial charge in [0.1, 0.15) is 11.3 Å². The number of rotatable bonds is 4. The first-order chi connectivity index (χ1) is 10.1. The number of aliphatic carboxylic acids is 1. The Morgan fingerprint density at radius 1 is 1.10 bits per heavy atom. The fourth-order valence-electron chi connectivity index (χ4n) is 2.21. The van der Waals surface area contributed by atoms with E-state index in [0.29, 0.717) is 16.7 Å². The Kier molecular flexibility index (Phi) is 3.31. The largest absolute Gasteiger partial charge is 0.493 e. The van der Waals surface area contributed by atoms with Crippen LogP contribution in [-0.4, -0.2) is 17.7 Å². The van der Waals surface area contributed by atoms with E-state index in [0.717, 1.165) is 10.8 Å². The molecule has 0 saturated heterocycles. The van der Waals surface area contributed by atoms with Crippen molar-refractivity contribution in [2.24, 2.45) is 0 Å². The Morgan fingerprint density at radius 3 is 2.62 bits per heavy atom. The van der Waals surface area contributed by atoms with Crippen LogP contribution in [0.5, 0.6) is 5.75 Å². The van der Waals surface area contributed by atoms with E-state index in [4.69, 9.17) is 14.3 Å². The standard InChI is InChI=1S/C16H12O5/c17-15(18)7-8-20-10-5-6-12-11-3-1-2-4-13(11)16(19)21-14(12)9-10/h1-6,9H,7-8H2,(H,17,18). The molecule has 3 rings (SSSR count). The molecule has 0 radical (unpaired) electrons. The summed E-state index contributed by atoms with van der Waals surface area (Å²) in [5, 5.41) is 10.7. The second-order valence-corrected chi connectivity index (χ2v) is 4.59. The Hall–Kier alpha value is -2.82.